The standard InChI is InChI=1S/C11H12F4.C2H6/c1-8-3-5-9(6-4-8)7-11(14,15)10(2,12)13;1-2/h3-6H,7H2,1-2H3;1-2H3. The van der Waals surface area contributed by atoms with Gasteiger partial charge in [-0.3, -0.25) is 0 Å². The molecule has 0 radical (unpaired) electrons. The van der Waals surface area contributed by atoms with Gasteiger partial charge in [0.1, 0.15) is 0 Å². The molecular weight excluding hydrogens is 232 g/mol. The van der Waals surface area contributed by atoms with E-state index in [1.165, 1.54) is 12.1 Å². The van der Waals surface area contributed by atoms with Crippen molar-refractivity contribution >= 4 is 0 Å². The molecule has 0 aromatic heterocycles. The second kappa shape index (κ2) is 6.03. The third kappa shape index (κ3) is 4.75. The van der Waals surface area contributed by atoms with Crippen molar-refractivity contribution in [2.24, 2.45) is 0 Å². The van der Waals surface area contributed by atoms with Crippen molar-refractivity contribution in [2.75, 3.05) is 0 Å². The largest absolute Gasteiger partial charge is 0.313 e. The van der Waals surface area contributed by atoms with Crippen LogP contribution >= 0.6 is 0 Å². The van der Waals surface area contributed by atoms with Crippen molar-refractivity contribution in [3.8, 4) is 0 Å². The molecule has 1 aromatic rings. The van der Waals surface area contributed by atoms with Gasteiger partial charge in [-0.05, 0) is 12.5 Å². The molecule has 0 bridgehead atoms. The molecule has 1 aromatic carbocycles. The highest BCUT2D eigenvalue weighted by Gasteiger charge is 2.51. The van der Waals surface area contributed by atoms with Crippen molar-refractivity contribution in [3.63, 3.8) is 0 Å². The number of hydrogen-bond acceptors (Lipinski definition) is 0. The van der Waals surface area contributed by atoms with Gasteiger partial charge in [0.2, 0.25) is 0 Å². The van der Waals surface area contributed by atoms with E-state index in [0.717, 1.165) is 5.56 Å². The summed E-state index contributed by atoms with van der Waals surface area (Å²) >= 11 is 0. The first-order chi connectivity index (χ1) is 7.72. The van der Waals surface area contributed by atoms with Gasteiger partial charge in [-0.15, -0.1) is 0 Å². The van der Waals surface area contributed by atoms with E-state index in [1.54, 1.807) is 19.1 Å². The third-order valence-electron chi connectivity index (χ3n) is 2.19. The lowest BCUT2D eigenvalue weighted by Gasteiger charge is -2.23. The van der Waals surface area contributed by atoms with E-state index in [4.69, 9.17) is 0 Å². The Labute approximate surface area is 99.7 Å². The summed E-state index contributed by atoms with van der Waals surface area (Å²) in [5.41, 5.74) is 1.12. The summed E-state index contributed by atoms with van der Waals surface area (Å²) in [5, 5.41) is 0. The van der Waals surface area contributed by atoms with Crippen molar-refractivity contribution in [1.82, 2.24) is 0 Å². The SMILES string of the molecule is CC.Cc1ccc(CC(F)(F)C(C)(F)F)cc1. The van der Waals surface area contributed by atoms with Crippen LogP contribution in [-0.2, 0) is 6.42 Å². The molecule has 0 aliphatic carbocycles. The summed E-state index contributed by atoms with van der Waals surface area (Å²) in [7, 11) is 0. The van der Waals surface area contributed by atoms with Crippen molar-refractivity contribution < 1.29 is 17.6 Å². The molecule has 0 spiro atoms. The van der Waals surface area contributed by atoms with Crippen molar-refractivity contribution in [3.05, 3.63) is 35.4 Å². The molecule has 4 heteroatoms. The Morgan fingerprint density at radius 1 is 0.941 bits per heavy atom. The van der Waals surface area contributed by atoms with Crippen LogP contribution in [0, 0.1) is 6.92 Å². The van der Waals surface area contributed by atoms with Crippen LogP contribution in [-0.4, -0.2) is 11.8 Å². The van der Waals surface area contributed by atoms with Gasteiger partial charge in [-0.1, -0.05) is 43.7 Å². The topological polar surface area (TPSA) is 0 Å². The molecule has 17 heavy (non-hydrogen) atoms. The zero-order chi connectivity index (χ0) is 13.7. The highest BCUT2D eigenvalue weighted by molar-refractivity contribution is 5.22. The Balaban J connectivity index is 0.00000121. The van der Waals surface area contributed by atoms with Crippen molar-refractivity contribution in [1.29, 1.82) is 0 Å². The maximum Gasteiger partial charge on any atom is 0.313 e. The second-order valence-corrected chi connectivity index (χ2v) is 3.76. The fourth-order valence-electron chi connectivity index (χ4n) is 1.12. The molecule has 0 atom stereocenters. The molecule has 0 fully saturated rings. The van der Waals surface area contributed by atoms with Crippen LogP contribution in [0.2, 0.25) is 0 Å². The summed E-state index contributed by atoms with van der Waals surface area (Å²) in [6, 6.07) is 6.13. The molecule has 0 amide bonds. The molecule has 0 unspecified atom stereocenters. The first-order valence-corrected chi connectivity index (χ1v) is 5.53. The molecular formula is C13H18F4. The smallest absolute Gasteiger partial charge is 0.200 e. The lowest BCUT2D eigenvalue weighted by atomic mass is 10.0. The number of alkyl halides is 4. The minimum Gasteiger partial charge on any atom is -0.200 e. The zero-order valence-electron chi connectivity index (χ0n) is 10.5. The lowest BCUT2D eigenvalue weighted by Crippen LogP contribution is -2.39. The Bertz CT molecular complexity index is 322. The van der Waals surface area contributed by atoms with Gasteiger partial charge in [0.05, 0.1) is 0 Å². The predicted octanol–water partition coefficient (Wildman–Crippen LogP) is 4.85. The van der Waals surface area contributed by atoms with E-state index in [1.807, 2.05) is 13.8 Å². The summed E-state index contributed by atoms with van der Waals surface area (Å²) in [6.07, 6.45) is -0.934. The average Bonchev–Trinajstić information content (AvgIpc) is 2.22. The molecule has 1 rings (SSSR count). The van der Waals surface area contributed by atoms with E-state index < -0.39 is 18.3 Å². The van der Waals surface area contributed by atoms with Crippen LogP contribution in [0.15, 0.2) is 24.3 Å². The summed E-state index contributed by atoms with van der Waals surface area (Å²) in [5.74, 6) is -7.99. The molecule has 0 heterocycles. The van der Waals surface area contributed by atoms with Crippen LogP contribution in [0.25, 0.3) is 0 Å². The molecule has 0 N–H and O–H groups in total. The predicted molar refractivity (Wildman–Crippen MR) is 61.8 cm³/mol. The van der Waals surface area contributed by atoms with Crippen molar-refractivity contribution in [2.45, 2.75) is 46.0 Å². The second-order valence-electron chi connectivity index (χ2n) is 3.76. The summed E-state index contributed by atoms with van der Waals surface area (Å²) < 4.78 is 51.0. The number of hydrogen-bond donors (Lipinski definition) is 0. The van der Waals surface area contributed by atoms with Crippen LogP contribution in [0.4, 0.5) is 17.6 Å². The van der Waals surface area contributed by atoms with Gasteiger partial charge in [-0.25, -0.2) is 8.78 Å². The van der Waals surface area contributed by atoms with Gasteiger partial charge in [0, 0.05) is 13.3 Å². The Kier molecular flexibility index (Phi) is 5.66. The maximum atomic E-state index is 13.0. The normalized spacial score (nSPS) is 11.8. The van der Waals surface area contributed by atoms with E-state index in [0.29, 0.717) is 0 Å². The minimum absolute atomic E-state index is 0.215. The average molecular weight is 250 g/mol. The van der Waals surface area contributed by atoms with Gasteiger partial charge < -0.3 is 0 Å². The number of aryl methyl sites for hydroxylation is 1. The van der Waals surface area contributed by atoms with Crippen LogP contribution in [0.1, 0.15) is 31.9 Å². The summed E-state index contributed by atoms with van der Waals surface area (Å²) in [4.78, 5) is 0. The number of benzene rings is 1. The quantitative estimate of drug-likeness (QED) is 0.672. The number of rotatable bonds is 3. The monoisotopic (exact) mass is 250 g/mol. The Morgan fingerprint density at radius 2 is 1.35 bits per heavy atom. The fourth-order valence-corrected chi connectivity index (χ4v) is 1.12. The highest BCUT2D eigenvalue weighted by Crippen LogP contribution is 2.36. The number of halogens is 4. The third-order valence-corrected chi connectivity index (χ3v) is 2.19. The van der Waals surface area contributed by atoms with Gasteiger partial charge in [0.25, 0.3) is 0 Å². The lowest BCUT2D eigenvalue weighted by molar-refractivity contribution is -0.196. The van der Waals surface area contributed by atoms with E-state index in [2.05, 4.69) is 0 Å². The Hall–Kier alpha value is -1.06. The molecule has 0 aliphatic rings. The molecule has 0 saturated carbocycles. The molecule has 0 nitrogen and oxygen atoms in total. The van der Waals surface area contributed by atoms with Crippen LogP contribution in [0.3, 0.4) is 0 Å². The first-order valence-electron chi connectivity index (χ1n) is 5.53. The van der Waals surface area contributed by atoms with E-state index in [9.17, 15) is 17.6 Å². The van der Waals surface area contributed by atoms with E-state index >= 15 is 0 Å². The maximum absolute atomic E-state index is 13.0. The van der Waals surface area contributed by atoms with Crippen LogP contribution < -0.4 is 0 Å². The summed E-state index contributed by atoms with van der Waals surface area (Å²) in [6.45, 7) is 6.04. The first kappa shape index (κ1) is 15.9. The molecule has 0 aliphatic heterocycles. The van der Waals surface area contributed by atoms with Gasteiger partial charge in [0.15, 0.2) is 0 Å². The van der Waals surface area contributed by atoms with Crippen LogP contribution in [0.5, 0.6) is 0 Å². The highest BCUT2D eigenvalue weighted by atomic mass is 19.3. The molecule has 98 valence electrons. The Morgan fingerprint density at radius 3 is 1.71 bits per heavy atom. The van der Waals surface area contributed by atoms with Gasteiger partial charge in [-0.2, -0.15) is 8.78 Å². The fraction of sp³-hybridized carbons (Fsp3) is 0.538. The minimum atomic E-state index is -4.00. The van der Waals surface area contributed by atoms with Gasteiger partial charge >= 0.3 is 11.8 Å². The molecule has 0 saturated heterocycles. The van der Waals surface area contributed by atoms with E-state index in [-0.39, 0.29) is 12.5 Å². The zero-order valence-corrected chi connectivity index (χ0v) is 10.5.